The van der Waals surface area contributed by atoms with Gasteiger partial charge in [-0.15, -0.1) is 0 Å². The fraction of sp³-hybridized carbons (Fsp3) is 0.688. The van der Waals surface area contributed by atoms with E-state index >= 15 is 0 Å². The summed E-state index contributed by atoms with van der Waals surface area (Å²) in [6.45, 7) is 5.72. The Morgan fingerprint density at radius 3 is 2.72 bits per heavy atom. The van der Waals surface area contributed by atoms with Crippen LogP contribution in [-0.4, -0.2) is 11.5 Å². The summed E-state index contributed by atoms with van der Waals surface area (Å²) in [6, 6.07) is 4.78. The molecule has 1 aliphatic rings. The van der Waals surface area contributed by atoms with E-state index in [1.807, 2.05) is 12.4 Å². The lowest BCUT2D eigenvalue weighted by atomic mass is 9.77. The van der Waals surface area contributed by atoms with Gasteiger partial charge in [0.05, 0.1) is 0 Å². The van der Waals surface area contributed by atoms with Crippen molar-refractivity contribution in [1.29, 1.82) is 0 Å². The molecule has 2 nitrogen and oxygen atoms in total. The number of pyridine rings is 1. The van der Waals surface area contributed by atoms with Crippen molar-refractivity contribution in [2.45, 2.75) is 52.0 Å². The molecule has 100 valence electrons. The van der Waals surface area contributed by atoms with Gasteiger partial charge in [0, 0.05) is 18.4 Å². The highest BCUT2D eigenvalue weighted by atomic mass is 14.9. The maximum Gasteiger partial charge on any atom is 0.0363 e. The van der Waals surface area contributed by atoms with Crippen LogP contribution >= 0.6 is 0 Å². The van der Waals surface area contributed by atoms with E-state index in [2.05, 4.69) is 36.3 Å². The van der Waals surface area contributed by atoms with Gasteiger partial charge in [0.1, 0.15) is 0 Å². The molecule has 2 rings (SSSR count). The second-order valence-corrected chi connectivity index (χ2v) is 5.74. The summed E-state index contributed by atoms with van der Waals surface area (Å²) in [7, 11) is 0. The van der Waals surface area contributed by atoms with Crippen LogP contribution in [0.1, 0.15) is 57.6 Å². The van der Waals surface area contributed by atoms with E-state index in [4.69, 9.17) is 0 Å². The van der Waals surface area contributed by atoms with Crippen molar-refractivity contribution >= 4 is 0 Å². The summed E-state index contributed by atoms with van der Waals surface area (Å²) in [5.41, 5.74) is 1.37. The lowest BCUT2D eigenvalue weighted by Crippen LogP contribution is -2.31. The van der Waals surface area contributed by atoms with Gasteiger partial charge >= 0.3 is 0 Å². The summed E-state index contributed by atoms with van der Waals surface area (Å²) in [5, 5.41) is 3.73. The highest BCUT2D eigenvalue weighted by Crippen LogP contribution is 2.36. The fourth-order valence-electron chi connectivity index (χ4n) is 3.04. The zero-order chi connectivity index (χ0) is 12.8. The Labute approximate surface area is 111 Å². The van der Waals surface area contributed by atoms with Gasteiger partial charge in [-0.1, -0.05) is 32.8 Å². The Morgan fingerprint density at radius 1 is 1.33 bits per heavy atom. The molecule has 0 saturated heterocycles. The third-order valence-corrected chi connectivity index (χ3v) is 4.19. The van der Waals surface area contributed by atoms with E-state index in [-0.39, 0.29) is 0 Å². The normalized spacial score (nSPS) is 25.9. The second kappa shape index (κ2) is 6.89. The lowest BCUT2D eigenvalue weighted by Gasteiger charge is -2.33. The van der Waals surface area contributed by atoms with Crippen molar-refractivity contribution in [3.8, 4) is 0 Å². The maximum atomic E-state index is 4.28. The van der Waals surface area contributed by atoms with Crippen LogP contribution in [0.3, 0.4) is 0 Å². The van der Waals surface area contributed by atoms with E-state index in [1.165, 1.54) is 37.7 Å². The first kappa shape index (κ1) is 13.5. The van der Waals surface area contributed by atoms with Crippen LogP contribution in [0, 0.1) is 11.8 Å². The molecular weight excluding hydrogens is 220 g/mol. The number of rotatable bonds is 5. The number of hydrogen-bond donors (Lipinski definition) is 1. The number of nitrogens with zero attached hydrogens (tertiary/aromatic N) is 1. The van der Waals surface area contributed by atoms with Crippen LogP contribution in [0.15, 0.2) is 24.5 Å². The minimum atomic E-state index is 0.506. The minimum Gasteiger partial charge on any atom is -0.310 e. The average molecular weight is 246 g/mol. The van der Waals surface area contributed by atoms with E-state index in [0.717, 1.165) is 18.4 Å². The molecule has 1 aliphatic carbocycles. The topological polar surface area (TPSA) is 24.9 Å². The van der Waals surface area contributed by atoms with Crippen molar-refractivity contribution in [2.75, 3.05) is 6.54 Å². The average Bonchev–Trinajstić information content (AvgIpc) is 2.42. The van der Waals surface area contributed by atoms with Gasteiger partial charge in [-0.2, -0.15) is 0 Å². The molecule has 2 heteroatoms. The van der Waals surface area contributed by atoms with Crippen LogP contribution in [-0.2, 0) is 0 Å². The van der Waals surface area contributed by atoms with Crippen molar-refractivity contribution in [3.05, 3.63) is 30.1 Å². The summed E-state index contributed by atoms with van der Waals surface area (Å²) in [4.78, 5) is 4.28. The Morgan fingerprint density at radius 2 is 2.11 bits per heavy atom. The predicted molar refractivity (Wildman–Crippen MR) is 76.4 cm³/mol. The Bertz CT molecular complexity index is 328. The molecular formula is C16H26N2. The summed E-state index contributed by atoms with van der Waals surface area (Å²) < 4.78 is 0. The molecule has 0 aliphatic heterocycles. The van der Waals surface area contributed by atoms with Crippen LogP contribution in [0.25, 0.3) is 0 Å². The second-order valence-electron chi connectivity index (χ2n) is 5.74. The quantitative estimate of drug-likeness (QED) is 0.851. The van der Waals surface area contributed by atoms with E-state index in [1.54, 1.807) is 0 Å². The SMILES string of the molecule is CCCNC(c1cccnc1)C1CCC(C)CC1. The molecule has 1 heterocycles. The molecule has 1 unspecified atom stereocenters. The first-order chi connectivity index (χ1) is 8.81. The predicted octanol–water partition coefficient (Wildman–Crippen LogP) is 3.95. The molecule has 1 atom stereocenters. The van der Waals surface area contributed by atoms with Crippen LogP contribution in [0.5, 0.6) is 0 Å². The Hall–Kier alpha value is -0.890. The summed E-state index contributed by atoms with van der Waals surface area (Å²) in [5.74, 6) is 1.71. The lowest BCUT2D eigenvalue weighted by molar-refractivity contribution is 0.231. The molecule has 0 bridgehead atoms. The molecule has 0 amide bonds. The third-order valence-electron chi connectivity index (χ3n) is 4.19. The van der Waals surface area contributed by atoms with Gasteiger partial charge in [-0.3, -0.25) is 4.98 Å². The summed E-state index contributed by atoms with van der Waals surface area (Å²) >= 11 is 0. The first-order valence-corrected chi connectivity index (χ1v) is 7.44. The van der Waals surface area contributed by atoms with Gasteiger partial charge in [0.25, 0.3) is 0 Å². The number of aromatic nitrogens is 1. The molecule has 0 aromatic carbocycles. The van der Waals surface area contributed by atoms with Crippen molar-refractivity contribution in [3.63, 3.8) is 0 Å². The van der Waals surface area contributed by atoms with Gasteiger partial charge in [-0.05, 0) is 49.3 Å². The van der Waals surface area contributed by atoms with Gasteiger partial charge < -0.3 is 5.32 Å². The van der Waals surface area contributed by atoms with Crippen molar-refractivity contribution < 1.29 is 0 Å². The first-order valence-electron chi connectivity index (χ1n) is 7.44. The van der Waals surface area contributed by atoms with Crippen LogP contribution in [0.4, 0.5) is 0 Å². The molecule has 0 spiro atoms. The monoisotopic (exact) mass is 246 g/mol. The van der Waals surface area contributed by atoms with E-state index < -0.39 is 0 Å². The highest BCUT2D eigenvalue weighted by molar-refractivity contribution is 5.15. The molecule has 1 saturated carbocycles. The third kappa shape index (κ3) is 3.55. The molecule has 0 radical (unpaired) electrons. The van der Waals surface area contributed by atoms with E-state index in [9.17, 15) is 0 Å². The molecule has 1 aromatic rings. The van der Waals surface area contributed by atoms with Crippen LogP contribution in [0.2, 0.25) is 0 Å². The van der Waals surface area contributed by atoms with Crippen molar-refractivity contribution in [2.24, 2.45) is 11.8 Å². The molecule has 1 fully saturated rings. The molecule has 1 N–H and O–H groups in total. The van der Waals surface area contributed by atoms with Gasteiger partial charge in [0.2, 0.25) is 0 Å². The van der Waals surface area contributed by atoms with Crippen molar-refractivity contribution in [1.82, 2.24) is 10.3 Å². The van der Waals surface area contributed by atoms with Gasteiger partial charge in [0.15, 0.2) is 0 Å². The fourth-order valence-corrected chi connectivity index (χ4v) is 3.04. The molecule has 1 aromatic heterocycles. The molecule has 18 heavy (non-hydrogen) atoms. The highest BCUT2D eigenvalue weighted by Gasteiger charge is 2.26. The maximum absolute atomic E-state index is 4.28. The Balaban J connectivity index is 2.05. The standard InChI is InChI=1S/C16H26N2/c1-3-10-18-16(15-5-4-11-17-12-15)14-8-6-13(2)7-9-14/h4-5,11-14,16,18H,3,6-10H2,1-2H3. The zero-order valence-electron chi connectivity index (χ0n) is 11.7. The van der Waals surface area contributed by atoms with Crippen LogP contribution < -0.4 is 5.32 Å². The largest absolute Gasteiger partial charge is 0.310 e. The number of nitrogens with one attached hydrogen (secondary N) is 1. The minimum absolute atomic E-state index is 0.506. The van der Waals surface area contributed by atoms with E-state index in [0.29, 0.717) is 6.04 Å². The smallest absolute Gasteiger partial charge is 0.0363 e. The Kier molecular flexibility index (Phi) is 5.18. The number of hydrogen-bond acceptors (Lipinski definition) is 2. The summed E-state index contributed by atoms with van der Waals surface area (Å²) in [6.07, 6.45) is 10.6. The van der Waals surface area contributed by atoms with Gasteiger partial charge in [-0.25, -0.2) is 0 Å². The zero-order valence-corrected chi connectivity index (χ0v) is 11.7.